The molecule has 0 aliphatic carbocycles. The molecule has 140 valence electrons. The fraction of sp³-hybridized carbons (Fsp3) is 0.273. The van der Waals surface area contributed by atoms with Crippen LogP contribution >= 0.6 is 0 Å². The zero-order valence-electron chi connectivity index (χ0n) is 15.9. The van der Waals surface area contributed by atoms with Crippen LogP contribution in [0.2, 0.25) is 0 Å². The number of aryl methyl sites for hydroxylation is 1. The summed E-state index contributed by atoms with van der Waals surface area (Å²) in [6.07, 6.45) is 0. The van der Waals surface area contributed by atoms with E-state index >= 15 is 0 Å². The highest BCUT2D eigenvalue weighted by Crippen LogP contribution is 2.39. The van der Waals surface area contributed by atoms with E-state index < -0.39 is 17.7 Å². The van der Waals surface area contributed by atoms with Crippen LogP contribution in [-0.4, -0.2) is 48.9 Å². The van der Waals surface area contributed by atoms with Gasteiger partial charge in [0.05, 0.1) is 38.8 Å². The average molecular weight is 365 g/mol. The lowest BCUT2D eigenvalue weighted by atomic mass is 9.95. The fourth-order valence-electron chi connectivity index (χ4n) is 3.30. The van der Waals surface area contributed by atoms with Crippen LogP contribution in [0.5, 0.6) is 0 Å². The summed E-state index contributed by atoms with van der Waals surface area (Å²) >= 11 is 0. The predicted molar refractivity (Wildman–Crippen MR) is 104 cm³/mol. The number of nitrogens with zero attached hydrogens (tertiary/aromatic N) is 1. The minimum atomic E-state index is -0.629. The Hall–Kier alpha value is -2.92. The maximum absolute atomic E-state index is 12.8. The molecule has 2 aromatic rings. The Morgan fingerprint density at radius 3 is 2.26 bits per heavy atom. The molecular formula is C22H25N2O3+. The van der Waals surface area contributed by atoms with Crippen LogP contribution in [0.15, 0.2) is 60.2 Å². The molecule has 2 N–H and O–H groups in total. The molecule has 1 saturated heterocycles. The van der Waals surface area contributed by atoms with E-state index in [9.17, 15) is 14.7 Å². The minimum Gasteiger partial charge on any atom is -0.507 e. The van der Waals surface area contributed by atoms with Crippen molar-refractivity contribution in [2.45, 2.75) is 13.0 Å². The normalized spacial score (nSPS) is 19.1. The molecule has 1 heterocycles. The molecule has 5 heteroatoms. The SMILES string of the molecule is Cc1ccc([C@H]2/C(=C(\O)c3ccccc3)C(=O)C(=O)N2CC[NH+](C)C)cc1. The van der Waals surface area contributed by atoms with Gasteiger partial charge in [0.2, 0.25) is 0 Å². The Bertz CT molecular complexity index is 870. The van der Waals surface area contributed by atoms with Crippen LogP contribution in [-0.2, 0) is 9.59 Å². The van der Waals surface area contributed by atoms with Gasteiger partial charge >= 0.3 is 0 Å². The van der Waals surface area contributed by atoms with Gasteiger partial charge in [-0.2, -0.15) is 0 Å². The molecular weight excluding hydrogens is 340 g/mol. The Labute approximate surface area is 159 Å². The maximum atomic E-state index is 12.8. The van der Waals surface area contributed by atoms with Crippen LogP contribution < -0.4 is 4.90 Å². The number of quaternary nitrogens is 1. The van der Waals surface area contributed by atoms with Crippen molar-refractivity contribution in [1.29, 1.82) is 0 Å². The van der Waals surface area contributed by atoms with Gasteiger partial charge in [0.1, 0.15) is 5.76 Å². The highest BCUT2D eigenvalue weighted by molar-refractivity contribution is 6.46. The van der Waals surface area contributed by atoms with Crippen molar-refractivity contribution in [3.63, 3.8) is 0 Å². The first-order valence-electron chi connectivity index (χ1n) is 9.09. The van der Waals surface area contributed by atoms with Crippen molar-refractivity contribution < 1.29 is 19.6 Å². The number of carbonyl (C=O) groups is 2. The molecule has 1 amide bonds. The number of rotatable bonds is 5. The number of aliphatic hydroxyl groups is 1. The molecule has 5 nitrogen and oxygen atoms in total. The lowest BCUT2D eigenvalue weighted by molar-refractivity contribution is -0.857. The van der Waals surface area contributed by atoms with Crippen molar-refractivity contribution in [3.05, 3.63) is 76.9 Å². The van der Waals surface area contributed by atoms with E-state index in [1.165, 1.54) is 4.90 Å². The summed E-state index contributed by atoms with van der Waals surface area (Å²) in [5.74, 6) is -1.31. The van der Waals surface area contributed by atoms with E-state index in [1.54, 1.807) is 29.2 Å². The first-order chi connectivity index (χ1) is 12.9. The van der Waals surface area contributed by atoms with Crippen molar-refractivity contribution in [1.82, 2.24) is 4.90 Å². The summed E-state index contributed by atoms with van der Waals surface area (Å²) in [4.78, 5) is 28.3. The first kappa shape index (κ1) is 18.9. The predicted octanol–water partition coefficient (Wildman–Crippen LogP) is 1.56. The summed E-state index contributed by atoms with van der Waals surface area (Å²) in [6.45, 7) is 3.14. The topological polar surface area (TPSA) is 62.0 Å². The average Bonchev–Trinajstić information content (AvgIpc) is 2.91. The largest absolute Gasteiger partial charge is 0.507 e. The monoisotopic (exact) mass is 365 g/mol. The van der Waals surface area contributed by atoms with E-state index in [4.69, 9.17) is 0 Å². The van der Waals surface area contributed by atoms with Crippen LogP contribution in [0, 0.1) is 6.92 Å². The van der Waals surface area contributed by atoms with E-state index in [1.807, 2.05) is 51.4 Å². The molecule has 2 aromatic carbocycles. The Morgan fingerprint density at radius 2 is 1.67 bits per heavy atom. The number of Topliss-reactive ketones (excluding diaryl/α,β-unsaturated/α-hetero) is 1. The van der Waals surface area contributed by atoms with E-state index in [-0.39, 0.29) is 11.3 Å². The standard InChI is InChI=1S/C22H24N2O3/c1-15-9-11-16(12-10-15)19-18(20(25)17-7-5-4-6-8-17)21(26)22(27)24(19)14-13-23(2)3/h4-12,19,25H,13-14H2,1-3H3/p+1/b20-18+/t19-/m0/s1. The Kier molecular flexibility index (Phi) is 5.42. The molecule has 0 saturated carbocycles. The van der Waals surface area contributed by atoms with Crippen molar-refractivity contribution in [2.75, 3.05) is 27.2 Å². The first-order valence-corrected chi connectivity index (χ1v) is 9.09. The van der Waals surface area contributed by atoms with Crippen LogP contribution in [0.1, 0.15) is 22.7 Å². The second kappa shape index (κ2) is 7.76. The number of aliphatic hydroxyl groups excluding tert-OH is 1. The summed E-state index contributed by atoms with van der Waals surface area (Å²) in [6, 6.07) is 16.1. The van der Waals surface area contributed by atoms with Gasteiger partial charge in [0.25, 0.3) is 11.7 Å². The molecule has 1 fully saturated rings. The van der Waals surface area contributed by atoms with Crippen molar-refractivity contribution in [3.8, 4) is 0 Å². The molecule has 0 aromatic heterocycles. The number of benzene rings is 2. The summed E-state index contributed by atoms with van der Waals surface area (Å²) in [7, 11) is 4.00. The van der Waals surface area contributed by atoms with Crippen LogP contribution in [0.3, 0.4) is 0 Å². The van der Waals surface area contributed by atoms with Crippen LogP contribution in [0.25, 0.3) is 5.76 Å². The molecule has 1 aliphatic rings. The van der Waals surface area contributed by atoms with Gasteiger partial charge in [-0.15, -0.1) is 0 Å². The molecule has 0 unspecified atom stereocenters. The lowest BCUT2D eigenvalue weighted by Gasteiger charge is -2.25. The maximum Gasteiger partial charge on any atom is 0.295 e. The number of carbonyl (C=O) groups excluding carboxylic acids is 2. The number of ketones is 1. The van der Waals surface area contributed by atoms with E-state index in [0.29, 0.717) is 18.7 Å². The molecule has 27 heavy (non-hydrogen) atoms. The fourth-order valence-corrected chi connectivity index (χ4v) is 3.30. The third kappa shape index (κ3) is 3.78. The Balaban J connectivity index is 2.13. The quantitative estimate of drug-likeness (QED) is 0.480. The molecule has 1 aliphatic heterocycles. The summed E-state index contributed by atoms with van der Waals surface area (Å²) < 4.78 is 0. The van der Waals surface area contributed by atoms with Gasteiger partial charge in [-0.1, -0.05) is 60.2 Å². The van der Waals surface area contributed by atoms with E-state index in [2.05, 4.69) is 0 Å². The summed E-state index contributed by atoms with van der Waals surface area (Å²) in [5, 5.41) is 10.9. The van der Waals surface area contributed by atoms with Gasteiger partial charge < -0.3 is 14.9 Å². The van der Waals surface area contributed by atoms with Gasteiger partial charge in [-0.3, -0.25) is 9.59 Å². The second-order valence-corrected chi connectivity index (χ2v) is 7.23. The van der Waals surface area contributed by atoms with Gasteiger partial charge in [-0.05, 0) is 12.5 Å². The molecule has 3 rings (SSSR count). The van der Waals surface area contributed by atoms with Crippen molar-refractivity contribution >= 4 is 17.4 Å². The van der Waals surface area contributed by atoms with E-state index in [0.717, 1.165) is 11.1 Å². The molecule has 0 bridgehead atoms. The van der Waals surface area contributed by atoms with Gasteiger partial charge in [-0.25, -0.2) is 0 Å². The minimum absolute atomic E-state index is 0.126. The number of hydrogen-bond acceptors (Lipinski definition) is 3. The second-order valence-electron chi connectivity index (χ2n) is 7.23. The number of likely N-dealkylation sites (N-methyl/N-ethyl adjacent to an activating group) is 1. The number of amides is 1. The molecule has 0 spiro atoms. The zero-order chi connectivity index (χ0) is 19.6. The lowest BCUT2D eigenvalue weighted by Crippen LogP contribution is -3.06. The Morgan fingerprint density at radius 1 is 1.04 bits per heavy atom. The van der Waals surface area contributed by atoms with Gasteiger partial charge in [0, 0.05) is 5.56 Å². The highest BCUT2D eigenvalue weighted by Gasteiger charge is 2.46. The third-order valence-corrected chi connectivity index (χ3v) is 4.83. The number of hydrogen-bond donors (Lipinski definition) is 2. The molecule has 0 radical (unpaired) electrons. The smallest absolute Gasteiger partial charge is 0.295 e. The van der Waals surface area contributed by atoms with Crippen LogP contribution in [0.4, 0.5) is 0 Å². The number of likely N-dealkylation sites (tertiary alicyclic amines) is 1. The zero-order valence-corrected chi connectivity index (χ0v) is 15.9. The van der Waals surface area contributed by atoms with Crippen molar-refractivity contribution in [2.24, 2.45) is 0 Å². The molecule has 1 atom stereocenters. The van der Waals surface area contributed by atoms with Gasteiger partial charge in [0.15, 0.2) is 0 Å². The third-order valence-electron chi connectivity index (χ3n) is 4.83. The highest BCUT2D eigenvalue weighted by atomic mass is 16.3. The number of nitrogens with one attached hydrogen (secondary N) is 1. The summed E-state index contributed by atoms with van der Waals surface area (Å²) in [5.41, 5.74) is 2.61.